The lowest BCUT2D eigenvalue weighted by Gasteiger charge is -2.27. The SMILES string of the molecule is Cc1cc(S(=O)(=O)NC2CNC2)ccc1C#N. The van der Waals surface area contributed by atoms with Crippen molar-refractivity contribution in [2.45, 2.75) is 17.9 Å². The third-order valence-corrected chi connectivity index (χ3v) is 4.25. The highest BCUT2D eigenvalue weighted by atomic mass is 32.2. The smallest absolute Gasteiger partial charge is 0.240 e. The summed E-state index contributed by atoms with van der Waals surface area (Å²) in [5.41, 5.74) is 1.16. The van der Waals surface area contributed by atoms with Crippen LogP contribution in [0.1, 0.15) is 11.1 Å². The van der Waals surface area contributed by atoms with Gasteiger partial charge < -0.3 is 5.32 Å². The normalized spacial score (nSPS) is 16.2. The molecule has 1 fully saturated rings. The third kappa shape index (κ3) is 2.47. The molecule has 1 aliphatic rings. The van der Waals surface area contributed by atoms with Crippen molar-refractivity contribution in [2.75, 3.05) is 13.1 Å². The van der Waals surface area contributed by atoms with Gasteiger partial charge in [-0.3, -0.25) is 0 Å². The largest absolute Gasteiger partial charge is 0.313 e. The van der Waals surface area contributed by atoms with Gasteiger partial charge in [-0.15, -0.1) is 0 Å². The van der Waals surface area contributed by atoms with Gasteiger partial charge in [-0.05, 0) is 30.7 Å². The maximum atomic E-state index is 12.0. The molecule has 0 aliphatic carbocycles. The molecule has 90 valence electrons. The van der Waals surface area contributed by atoms with Gasteiger partial charge in [0.2, 0.25) is 10.0 Å². The molecule has 0 saturated carbocycles. The predicted octanol–water partition coefficient (Wildman–Crippen LogP) is 0.117. The minimum Gasteiger partial charge on any atom is -0.313 e. The van der Waals surface area contributed by atoms with Gasteiger partial charge in [-0.2, -0.15) is 5.26 Å². The monoisotopic (exact) mass is 251 g/mol. The number of rotatable bonds is 3. The van der Waals surface area contributed by atoms with Crippen molar-refractivity contribution in [3.63, 3.8) is 0 Å². The Morgan fingerprint density at radius 3 is 2.65 bits per heavy atom. The van der Waals surface area contributed by atoms with Crippen LogP contribution in [0, 0.1) is 18.3 Å². The first-order chi connectivity index (χ1) is 8.03. The first-order valence-corrected chi connectivity index (χ1v) is 6.75. The Labute approximate surface area is 101 Å². The minimum absolute atomic E-state index is 0.0315. The van der Waals surface area contributed by atoms with Gasteiger partial charge in [0.05, 0.1) is 16.5 Å². The van der Waals surface area contributed by atoms with E-state index in [1.54, 1.807) is 6.92 Å². The second-order valence-corrected chi connectivity index (χ2v) is 5.78. The molecule has 1 aromatic carbocycles. The molecule has 0 aromatic heterocycles. The number of aryl methyl sites for hydroxylation is 1. The third-order valence-electron chi connectivity index (χ3n) is 2.73. The molecule has 2 rings (SSSR count). The summed E-state index contributed by atoms with van der Waals surface area (Å²) in [6, 6.07) is 6.49. The van der Waals surface area contributed by atoms with E-state index in [1.165, 1.54) is 18.2 Å². The summed E-state index contributed by atoms with van der Waals surface area (Å²) in [5.74, 6) is 0. The second kappa shape index (κ2) is 4.45. The van der Waals surface area contributed by atoms with E-state index in [0.717, 1.165) is 0 Å². The minimum atomic E-state index is -3.47. The first kappa shape index (κ1) is 12.0. The van der Waals surface area contributed by atoms with Crippen LogP contribution in [-0.2, 0) is 10.0 Å². The fourth-order valence-electron chi connectivity index (χ4n) is 1.59. The van der Waals surface area contributed by atoms with Crippen molar-refractivity contribution >= 4 is 10.0 Å². The topological polar surface area (TPSA) is 82.0 Å². The van der Waals surface area contributed by atoms with E-state index in [4.69, 9.17) is 5.26 Å². The molecule has 5 nitrogen and oxygen atoms in total. The highest BCUT2D eigenvalue weighted by molar-refractivity contribution is 7.89. The van der Waals surface area contributed by atoms with Crippen molar-refractivity contribution in [2.24, 2.45) is 0 Å². The Morgan fingerprint density at radius 1 is 1.47 bits per heavy atom. The van der Waals surface area contributed by atoms with Crippen LogP contribution in [-0.4, -0.2) is 27.5 Å². The summed E-state index contributed by atoms with van der Waals surface area (Å²) < 4.78 is 26.5. The molecule has 0 amide bonds. The lowest BCUT2D eigenvalue weighted by Crippen LogP contribution is -2.56. The molecule has 0 spiro atoms. The average Bonchev–Trinajstić information content (AvgIpc) is 2.23. The Bertz CT molecular complexity index is 571. The Morgan fingerprint density at radius 2 is 2.18 bits per heavy atom. The van der Waals surface area contributed by atoms with Crippen LogP contribution in [0.2, 0.25) is 0 Å². The molecule has 1 saturated heterocycles. The van der Waals surface area contributed by atoms with Crippen molar-refractivity contribution in [3.05, 3.63) is 29.3 Å². The number of nitrogens with one attached hydrogen (secondary N) is 2. The van der Waals surface area contributed by atoms with Crippen LogP contribution < -0.4 is 10.0 Å². The van der Waals surface area contributed by atoms with Gasteiger partial charge in [-0.1, -0.05) is 0 Å². The molecular weight excluding hydrogens is 238 g/mol. The van der Waals surface area contributed by atoms with Crippen LogP contribution >= 0.6 is 0 Å². The van der Waals surface area contributed by atoms with E-state index in [0.29, 0.717) is 24.2 Å². The molecule has 1 aromatic rings. The number of nitriles is 1. The fraction of sp³-hybridized carbons (Fsp3) is 0.364. The lowest BCUT2D eigenvalue weighted by atomic mass is 10.1. The van der Waals surface area contributed by atoms with Crippen LogP contribution in [0.3, 0.4) is 0 Å². The summed E-state index contributed by atoms with van der Waals surface area (Å²) in [6.07, 6.45) is 0. The molecule has 0 unspecified atom stereocenters. The summed E-state index contributed by atoms with van der Waals surface area (Å²) in [7, 11) is -3.47. The molecule has 17 heavy (non-hydrogen) atoms. The van der Waals surface area contributed by atoms with Crippen molar-refractivity contribution in [3.8, 4) is 6.07 Å². The molecule has 0 bridgehead atoms. The van der Waals surface area contributed by atoms with E-state index in [2.05, 4.69) is 10.0 Å². The summed E-state index contributed by atoms with van der Waals surface area (Å²) in [6.45, 7) is 3.05. The maximum Gasteiger partial charge on any atom is 0.240 e. The van der Waals surface area contributed by atoms with Gasteiger partial charge in [0, 0.05) is 19.1 Å². The average molecular weight is 251 g/mol. The summed E-state index contributed by atoms with van der Waals surface area (Å²) in [5, 5.41) is 11.8. The molecule has 1 heterocycles. The van der Waals surface area contributed by atoms with Gasteiger partial charge in [-0.25, -0.2) is 13.1 Å². The van der Waals surface area contributed by atoms with E-state index >= 15 is 0 Å². The Balaban J connectivity index is 2.27. The van der Waals surface area contributed by atoms with E-state index in [1.807, 2.05) is 6.07 Å². The zero-order chi connectivity index (χ0) is 12.5. The molecular formula is C11H13N3O2S. The van der Waals surface area contributed by atoms with E-state index < -0.39 is 10.0 Å². The van der Waals surface area contributed by atoms with Gasteiger partial charge >= 0.3 is 0 Å². The second-order valence-electron chi connectivity index (χ2n) is 4.06. The summed E-state index contributed by atoms with van der Waals surface area (Å²) >= 11 is 0. The Hall–Kier alpha value is -1.42. The molecule has 0 atom stereocenters. The molecule has 2 N–H and O–H groups in total. The van der Waals surface area contributed by atoms with Crippen LogP contribution in [0.5, 0.6) is 0 Å². The van der Waals surface area contributed by atoms with Crippen molar-refractivity contribution < 1.29 is 8.42 Å². The van der Waals surface area contributed by atoms with Gasteiger partial charge in [0.25, 0.3) is 0 Å². The summed E-state index contributed by atoms with van der Waals surface area (Å²) in [4.78, 5) is 0.209. The number of hydrogen-bond donors (Lipinski definition) is 2. The lowest BCUT2D eigenvalue weighted by molar-refractivity contribution is 0.410. The maximum absolute atomic E-state index is 12.0. The van der Waals surface area contributed by atoms with Gasteiger partial charge in [0.1, 0.15) is 0 Å². The van der Waals surface area contributed by atoms with Gasteiger partial charge in [0.15, 0.2) is 0 Å². The Kier molecular flexibility index (Phi) is 3.15. The standard InChI is InChI=1S/C11H13N3O2S/c1-8-4-11(3-2-9(8)5-12)17(15,16)14-10-6-13-7-10/h2-4,10,13-14H,6-7H2,1H3. The zero-order valence-corrected chi connectivity index (χ0v) is 10.2. The van der Waals surface area contributed by atoms with E-state index in [9.17, 15) is 8.42 Å². The predicted molar refractivity (Wildman–Crippen MR) is 62.9 cm³/mol. The van der Waals surface area contributed by atoms with Crippen LogP contribution in [0.15, 0.2) is 23.1 Å². The first-order valence-electron chi connectivity index (χ1n) is 5.27. The molecule has 6 heteroatoms. The van der Waals surface area contributed by atoms with E-state index in [-0.39, 0.29) is 10.9 Å². The highest BCUT2D eigenvalue weighted by Crippen LogP contribution is 2.15. The van der Waals surface area contributed by atoms with Crippen LogP contribution in [0.4, 0.5) is 0 Å². The number of sulfonamides is 1. The number of nitrogens with zero attached hydrogens (tertiary/aromatic N) is 1. The zero-order valence-electron chi connectivity index (χ0n) is 9.40. The van der Waals surface area contributed by atoms with Crippen molar-refractivity contribution in [1.82, 2.24) is 10.0 Å². The van der Waals surface area contributed by atoms with Crippen molar-refractivity contribution in [1.29, 1.82) is 5.26 Å². The number of hydrogen-bond acceptors (Lipinski definition) is 4. The highest BCUT2D eigenvalue weighted by Gasteiger charge is 2.24. The van der Waals surface area contributed by atoms with Crippen LogP contribution in [0.25, 0.3) is 0 Å². The molecule has 1 aliphatic heterocycles. The number of benzene rings is 1. The fourth-order valence-corrected chi connectivity index (χ4v) is 2.91. The quantitative estimate of drug-likeness (QED) is 0.799. The molecule has 0 radical (unpaired) electrons.